The molecule has 3 fully saturated rings. The molecule has 2 atom stereocenters. The van der Waals surface area contributed by atoms with Crippen molar-refractivity contribution in [1.82, 2.24) is 10.2 Å². The van der Waals surface area contributed by atoms with Crippen LogP contribution in [0, 0.1) is 17.8 Å². The predicted octanol–water partition coefficient (Wildman–Crippen LogP) is 3.28. The zero-order chi connectivity index (χ0) is 13.2. The average molecular weight is 264 g/mol. The van der Waals surface area contributed by atoms with E-state index in [9.17, 15) is 0 Å². The minimum absolute atomic E-state index is 0.871. The van der Waals surface area contributed by atoms with Crippen LogP contribution in [0.25, 0.3) is 0 Å². The second-order valence-corrected chi connectivity index (χ2v) is 7.69. The van der Waals surface area contributed by atoms with Gasteiger partial charge in [-0.25, -0.2) is 0 Å². The molecule has 0 spiro atoms. The molecule has 0 aromatic carbocycles. The molecule has 3 aliphatic heterocycles. The molecule has 2 bridgehead atoms. The van der Waals surface area contributed by atoms with E-state index < -0.39 is 0 Å². The van der Waals surface area contributed by atoms with E-state index in [4.69, 9.17) is 0 Å². The van der Waals surface area contributed by atoms with E-state index in [0.717, 1.165) is 29.8 Å². The molecule has 3 aliphatic rings. The first-order valence-electron chi connectivity index (χ1n) is 8.69. The van der Waals surface area contributed by atoms with Crippen LogP contribution in [0.2, 0.25) is 0 Å². The highest BCUT2D eigenvalue weighted by Crippen LogP contribution is 2.33. The summed E-state index contributed by atoms with van der Waals surface area (Å²) in [6.07, 6.45) is 10.1. The Morgan fingerprint density at radius 3 is 2.21 bits per heavy atom. The van der Waals surface area contributed by atoms with Crippen molar-refractivity contribution in [3.63, 3.8) is 0 Å². The molecule has 3 saturated heterocycles. The number of fused-ring (bicyclic) bond motifs is 2. The number of piperidine rings is 2. The highest BCUT2D eigenvalue weighted by Gasteiger charge is 2.33. The van der Waals surface area contributed by atoms with Crippen molar-refractivity contribution < 1.29 is 0 Å². The molecule has 110 valence electrons. The summed E-state index contributed by atoms with van der Waals surface area (Å²) in [7, 11) is 0. The number of rotatable bonds is 4. The molecule has 3 heterocycles. The van der Waals surface area contributed by atoms with E-state index in [1.54, 1.807) is 0 Å². The topological polar surface area (TPSA) is 15.3 Å². The van der Waals surface area contributed by atoms with Gasteiger partial charge in [0.25, 0.3) is 0 Å². The van der Waals surface area contributed by atoms with Gasteiger partial charge in [-0.1, -0.05) is 13.8 Å². The first kappa shape index (κ1) is 13.9. The molecular formula is C17H32N2. The molecule has 0 saturated carbocycles. The fourth-order valence-corrected chi connectivity index (χ4v) is 4.62. The van der Waals surface area contributed by atoms with Gasteiger partial charge in [0.15, 0.2) is 0 Å². The molecule has 2 heteroatoms. The van der Waals surface area contributed by atoms with Crippen LogP contribution in [-0.4, -0.2) is 36.6 Å². The number of nitrogens with one attached hydrogen (secondary N) is 1. The Labute approximate surface area is 119 Å². The largest absolute Gasteiger partial charge is 0.311 e. The highest BCUT2D eigenvalue weighted by atomic mass is 15.1. The lowest BCUT2D eigenvalue weighted by Crippen LogP contribution is -2.40. The van der Waals surface area contributed by atoms with Gasteiger partial charge in [0.05, 0.1) is 0 Å². The molecular weight excluding hydrogens is 232 g/mol. The van der Waals surface area contributed by atoms with E-state index in [0.29, 0.717) is 0 Å². The Morgan fingerprint density at radius 2 is 1.63 bits per heavy atom. The van der Waals surface area contributed by atoms with Crippen LogP contribution >= 0.6 is 0 Å². The van der Waals surface area contributed by atoms with Crippen LogP contribution in [-0.2, 0) is 0 Å². The maximum atomic E-state index is 3.76. The third kappa shape index (κ3) is 3.52. The minimum atomic E-state index is 0.871. The van der Waals surface area contributed by atoms with Crippen molar-refractivity contribution >= 4 is 0 Å². The summed E-state index contributed by atoms with van der Waals surface area (Å²) in [5.74, 6) is 2.90. The summed E-state index contributed by atoms with van der Waals surface area (Å²) in [6.45, 7) is 8.88. The molecule has 0 aromatic rings. The maximum Gasteiger partial charge on any atom is 0.00728 e. The zero-order valence-corrected chi connectivity index (χ0v) is 12.9. The predicted molar refractivity (Wildman–Crippen MR) is 81.3 cm³/mol. The summed E-state index contributed by atoms with van der Waals surface area (Å²) in [6, 6.07) is 1.74. The normalized spacial score (nSPS) is 37.1. The SMILES string of the molecule is CC(C)C1CCN(CCC2CC3CCC(C2)N3)CC1. The molecule has 2 unspecified atom stereocenters. The van der Waals surface area contributed by atoms with E-state index in [1.165, 1.54) is 64.6 Å². The van der Waals surface area contributed by atoms with Gasteiger partial charge in [-0.2, -0.15) is 0 Å². The van der Waals surface area contributed by atoms with Crippen molar-refractivity contribution in [2.75, 3.05) is 19.6 Å². The van der Waals surface area contributed by atoms with Crippen LogP contribution in [0.15, 0.2) is 0 Å². The Morgan fingerprint density at radius 1 is 1.00 bits per heavy atom. The first-order valence-corrected chi connectivity index (χ1v) is 8.69. The van der Waals surface area contributed by atoms with Crippen molar-refractivity contribution in [1.29, 1.82) is 0 Å². The van der Waals surface area contributed by atoms with Gasteiger partial charge in [0, 0.05) is 12.1 Å². The monoisotopic (exact) mass is 264 g/mol. The maximum absolute atomic E-state index is 3.76. The molecule has 3 rings (SSSR count). The highest BCUT2D eigenvalue weighted by molar-refractivity contribution is 4.92. The minimum Gasteiger partial charge on any atom is -0.311 e. The summed E-state index contributed by atoms with van der Waals surface area (Å²) in [4.78, 5) is 2.74. The van der Waals surface area contributed by atoms with Gasteiger partial charge >= 0.3 is 0 Å². The van der Waals surface area contributed by atoms with E-state index >= 15 is 0 Å². The fourth-order valence-electron chi connectivity index (χ4n) is 4.62. The number of hydrogen-bond donors (Lipinski definition) is 1. The molecule has 2 nitrogen and oxygen atoms in total. The number of nitrogens with zero attached hydrogens (tertiary/aromatic N) is 1. The van der Waals surface area contributed by atoms with E-state index in [-0.39, 0.29) is 0 Å². The lowest BCUT2D eigenvalue weighted by Gasteiger charge is -2.35. The van der Waals surface area contributed by atoms with Gasteiger partial charge in [-0.05, 0) is 82.3 Å². The third-order valence-corrected chi connectivity index (χ3v) is 6.00. The van der Waals surface area contributed by atoms with Crippen molar-refractivity contribution in [2.45, 2.75) is 70.9 Å². The Balaban J connectivity index is 1.37. The molecule has 0 aliphatic carbocycles. The molecule has 0 aromatic heterocycles. The lowest BCUT2D eigenvalue weighted by atomic mass is 9.86. The molecule has 19 heavy (non-hydrogen) atoms. The third-order valence-electron chi connectivity index (χ3n) is 6.00. The summed E-state index contributed by atoms with van der Waals surface area (Å²) >= 11 is 0. The van der Waals surface area contributed by atoms with Crippen molar-refractivity contribution in [3.8, 4) is 0 Å². The van der Waals surface area contributed by atoms with Gasteiger partial charge in [0.1, 0.15) is 0 Å². The van der Waals surface area contributed by atoms with Gasteiger partial charge in [-0.15, -0.1) is 0 Å². The molecule has 0 amide bonds. The average Bonchev–Trinajstić information content (AvgIpc) is 2.76. The Hall–Kier alpha value is -0.0800. The van der Waals surface area contributed by atoms with Gasteiger partial charge < -0.3 is 10.2 Å². The first-order chi connectivity index (χ1) is 9.20. The van der Waals surface area contributed by atoms with Crippen LogP contribution in [0.3, 0.4) is 0 Å². The molecule has 0 radical (unpaired) electrons. The lowest BCUT2D eigenvalue weighted by molar-refractivity contribution is 0.143. The Bertz CT molecular complexity index is 269. The second-order valence-electron chi connectivity index (χ2n) is 7.69. The number of hydrogen-bond acceptors (Lipinski definition) is 2. The zero-order valence-electron chi connectivity index (χ0n) is 12.9. The fraction of sp³-hybridized carbons (Fsp3) is 1.00. The van der Waals surface area contributed by atoms with Crippen molar-refractivity contribution in [2.24, 2.45) is 17.8 Å². The van der Waals surface area contributed by atoms with Crippen LogP contribution < -0.4 is 5.32 Å². The van der Waals surface area contributed by atoms with Crippen LogP contribution in [0.4, 0.5) is 0 Å². The summed E-state index contributed by atoms with van der Waals surface area (Å²) in [5, 5.41) is 3.76. The summed E-state index contributed by atoms with van der Waals surface area (Å²) < 4.78 is 0. The second kappa shape index (κ2) is 6.13. The number of likely N-dealkylation sites (tertiary alicyclic amines) is 1. The standard InChI is InChI=1S/C17H32N2/c1-13(2)15-6-9-19(10-7-15)8-5-14-11-16-3-4-17(12-14)18-16/h13-18H,3-12H2,1-2H3. The van der Waals surface area contributed by atoms with Gasteiger partial charge in [0.2, 0.25) is 0 Å². The quantitative estimate of drug-likeness (QED) is 0.838. The summed E-state index contributed by atoms with van der Waals surface area (Å²) in [5.41, 5.74) is 0. The Kier molecular flexibility index (Phi) is 4.48. The van der Waals surface area contributed by atoms with E-state index in [1.807, 2.05) is 0 Å². The van der Waals surface area contributed by atoms with Gasteiger partial charge in [-0.3, -0.25) is 0 Å². The van der Waals surface area contributed by atoms with Crippen molar-refractivity contribution in [3.05, 3.63) is 0 Å². The van der Waals surface area contributed by atoms with Crippen LogP contribution in [0.5, 0.6) is 0 Å². The molecule has 1 N–H and O–H groups in total. The smallest absolute Gasteiger partial charge is 0.00728 e. The van der Waals surface area contributed by atoms with Crippen LogP contribution in [0.1, 0.15) is 58.8 Å². The van der Waals surface area contributed by atoms with E-state index in [2.05, 4.69) is 24.1 Å².